The van der Waals surface area contributed by atoms with Gasteiger partial charge in [-0.05, 0) is 6.07 Å². The number of imidazole rings is 1. The molecule has 0 fully saturated rings. The summed E-state index contributed by atoms with van der Waals surface area (Å²) in [6.07, 6.45) is 3.55. The van der Waals surface area contributed by atoms with Crippen molar-refractivity contribution in [1.29, 1.82) is 0 Å². The second-order valence-electron chi connectivity index (χ2n) is 3.61. The molecule has 0 atom stereocenters. The predicted molar refractivity (Wildman–Crippen MR) is 55.9 cm³/mol. The Kier molecular flexibility index (Phi) is 2.45. The van der Waals surface area contributed by atoms with E-state index >= 15 is 0 Å². The summed E-state index contributed by atoms with van der Waals surface area (Å²) in [5.74, 6) is 0.960. The lowest BCUT2D eigenvalue weighted by Crippen LogP contribution is -2.22. The second kappa shape index (κ2) is 3.75. The first-order valence-corrected chi connectivity index (χ1v) is 4.77. The molecule has 4 heteroatoms. The molecule has 0 saturated carbocycles. The third-order valence-corrected chi connectivity index (χ3v) is 2.01. The molecule has 74 valence electrons. The monoisotopic (exact) mass is 190 g/mol. The van der Waals surface area contributed by atoms with E-state index < -0.39 is 0 Å². The van der Waals surface area contributed by atoms with Gasteiger partial charge in [0.2, 0.25) is 0 Å². The van der Waals surface area contributed by atoms with Crippen LogP contribution in [0, 0.1) is 0 Å². The minimum atomic E-state index is 0.473. The predicted octanol–water partition coefficient (Wildman–Crippen LogP) is 1.46. The Balaban J connectivity index is 2.19. The van der Waals surface area contributed by atoms with E-state index in [2.05, 4.69) is 34.1 Å². The van der Waals surface area contributed by atoms with Crippen LogP contribution < -0.4 is 5.32 Å². The summed E-state index contributed by atoms with van der Waals surface area (Å²) in [7, 11) is 0. The van der Waals surface area contributed by atoms with E-state index in [1.54, 1.807) is 12.4 Å². The number of pyridine rings is 1. The highest BCUT2D eigenvalue weighted by molar-refractivity contribution is 5.73. The van der Waals surface area contributed by atoms with Crippen LogP contribution in [0.5, 0.6) is 0 Å². The number of H-pyrrole nitrogens is 1. The smallest absolute Gasteiger partial charge is 0.121 e. The molecule has 0 bridgehead atoms. The molecule has 14 heavy (non-hydrogen) atoms. The van der Waals surface area contributed by atoms with Crippen molar-refractivity contribution in [2.75, 3.05) is 0 Å². The number of fused-ring (bicyclic) bond motifs is 1. The largest absolute Gasteiger partial charge is 0.340 e. The third kappa shape index (κ3) is 1.90. The van der Waals surface area contributed by atoms with E-state index in [4.69, 9.17) is 0 Å². The summed E-state index contributed by atoms with van der Waals surface area (Å²) >= 11 is 0. The summed E-state index contributed by atoms with van der Waals surface area (Å²) in [5.41, 5.74) is 1.97. The average Bonchev–Trinajstić information content (AvgIpc) is 2.57. The maximum atomic E-state index is 4.43. The SMILES string of the molecule is CC(C)NCc1nc2ccncc2[nH]1. The van der Waals surface area contributed by atoms with Crippen LogP contribution in [0.15, 0.2) is 18.5 Å². The van der Waals surface area contributed by atoms with Crippen LogP contribution >= 0.6 is 0 Å². The molecular weight excluding hydrogens is 176 g/mol. The molecule has 2 aromatic rings. The molecule has 0 radical (unpaired) electrons. The Bertz CT molecular complexity index is 386. The van der Waals surface area contributed by atoms with Gasteiger partial charge in [0.15, 0.2) is 0 Å². The molecule has 2 rings (SSSR count). The number of nitrogens with one attached hydrogen (secondary N) is 2. The Labute approximate surface area is 82.8 Å². The van der Waals surface area contributed by atoms with Crippen molar-refractivity contribution < 1.29 is 0 Å². The number of rotatable bonds is 3. The lowest BCUT2D eigenvalue weighted by Gasteiger charge is -2.04. The van der Waals surface area contributed by atoms with Gasteiger partial charge in [-0.1, -0.05) is 13.8 Å². The molecule has 4 nitrogen and oxygen atoms in total. The summed E-state index contributed by atoms with van der Waals surface area (Å²) in [6, 6.07) is 2.38. The molecule has 0 aliphatic heterocycles. The zero-order valence-corrected chi connectivity index (χ0v) is 8.41. The van der Waals surface area contributed by atoms with Crippen LogP contribution in [0.25, 0.3) is 11.0 Å². The highest BCUT2D eigenvalue weighted by Crippen LogP contribution is 2.08. The van der Waals surface area contributed by atoms with E-state index in [1.807, 2.05) is 6.07 Å². The van der Waals surface area contributed by atoms with Crippen LogP contribution in [-0.4, -0.2) is 21.0 Å². The summed E-state index contributed by atoms with van der Waals surface area (Å²) in [4.78, 5) is 11.7. The Morgan fingerprint density at radius 3 is 3.07 bits per heavy atom. The molecular formula is C10H14N4. The van der Waals surface area contributed by atoms with Gasteiger partial charge in [0.25, 0.3) is 0 Å². The summed E-state index contributed by atoms with van der Waals surface area (Å²) in [5, 5.41) is 3.31. The van der Waals surface area contributed by atoms with Gasteiger partial charge < -0.3 is 10.3 Å². The maximum Gasteiger partial charge on any atom is 0.121 e. The van der Waals surface area contributed by atoms with Crippen LogP contribution in [0.3, 0.4) is 0 Å². The zero-order chi connectivity index (χ0) is 9.97. The fourth-order valence-electron chi connectivity index (χ4n) is 1.29. The van der Waals surface area contributed by atoms with Crippen molar-refractivity contribution in [2.24, 2.45) is 0 Å². The average molecular weight is 190 g/mol. The van der Waals surface area contributed by atoms with E-state index in [-0.39, 0.29) is 0 Å². The van der Waals surface area contributed by atoms with Crippen LogP contribution in [0.1, 0.15) is 19.7 Å². The summed E-state index contributed by atoms with van der Waals surface area (Å²) < 4.78 is 0. The molecule has 0 unspecified atom stereocenters. The van der Waals surface area contributed by atoms with Crippen LogP contribution in [0.2, 0.25) is 0 Å². The lowest BCUT2D eigenvalue weighted by atomic mass is 10.4. The molecule has 2 heterocycles. The molecule has 0 aromatic carbocycles. The highest BCUT2D eigenvalue weighted by Gasteiger charge is 2.01. The number of hydrogen-bond acceptors (Lipinski definition) is 3. The van der Waals surface area contributed by atoms with Crippen molar-refractivity contribution in [1.82, 2.24) is 20.3 Å². The Morgan fingerprint density at radius 1 is 1.50 bits per heavy atom. The maximum absolute atomic E-state index is 4.43. The van der Waals surface area contributed by atoms with E-state index in [9.17, 15) is 0 Å². The van der Waals surface area contributed by atoms with E-state index in [0.717, 1.165) is 23.4 Å². The first kappa shape index (κ1) is 9.15. The van der Waals surface area contributed by atoms with Gasteiger partial charge in [0.1, 0.15) is 5.82 Å². The molecule has 0 amide bonds. The van der Waals surface area contributed by atoms with Gasteiger partial charge in [0.05, 0.1) is 23.8 Å². The summed E-state index contributed by atoms with van der Waals surface area (Å²) in [6.45, 7) is 5.00. The van der Waals surface area contributed by atoms with E-state index in [1.165, 1.54) is 0 Å². The minimum absolute atomic E-state index is 0.473. The van der Waals surface area contributed by atoms with Crippen LogP contribution in [0.4, 0.5) is 0 Å². The van der Waals surface area contributed by atoms with Crippen molar-refractivity contribution in [3.05, 3.63) is 24.3 Å². The van der Waals surface area contributed by atoms with Crippen molar-refractivity contribution in [2.45, 2.75) is 26.4 Å². The normalized spacial score (nSPS) is 11.4. The highest BCUT2D eigenvalue weighted by atomic mass is 15.0. The fourth-order valence-corrected chi connectivity index (χ4v) is 1.29. The molecule has 0 aliphatic carbocycles. The van der Waals surface area contributed by atoms with Gasteiger partial charge in [-0.15, -0.1) is 0 Å². The number of aromatic amines is 1. The first-order valence-electron chi connectivity index (χ1n) is 4.77. The van der Waals surface area contributed by atoms with Crippen LogP contribution in [-0.2, 0) is 6.54 Å². The first-order chi connectivity index (χ1) is 6.75. The van der Waals surface area contributed by atoms with Crippen molar-refractivity contribution in [3.8, 4) is 0 Å². The molecule has 2 aromatic heterocycles. The Morgan fingerprint density at radius 2 is 2.36 bits per heavy atom. The van der Waals surface area contributed by atoms with Crippen molar-refractivity contribution in [3.63, 3.8) is 0 Å². The fraction of sp³-hybridized carbons (Fsp3) is 0.400. The standard InChI is InChI=1S/C10H14N4/c1-7(2)12-6-10-13-8-3-4-11-5-9(8)14-10/h3-5,7,12H,6H2,1-2H3,(H,13,14). The minimum Gasteiger partial charge on any atom is -0.340 e. The van der Waals surface area contributed by atoms with Gasteiger partial charge >= 0.3 is 0 Å². The second-order valence-corrected chi connectivity index (χ2v) is 3.61. The molecule has 0 saturated heterocycles. The van der Waals surface area contributed by atoms with Crippen molar-refractivity contribution >= 4 is 11.0 Å². The quantitative estimate of drug-likeness (QED) is 0.770. The molecule has 2 N–H and O–H groups in total. The van der Waals surface area contributed by atoms with Gasteiger partial charge in [0, 0.05) is 12.2 Å². The molecule has 0 aliphatic rings. The third-order valence-electron chi connectivity index (χ3n) is 2.01. The Hall–Kier alpha value is -1.42. The topological polar surface area (TPSA) is 53.6 Å². The number of nitrogens with zero attached hydrogens (tertiary/aromatic N) is 2. The molecule has 0 spiro atoms. The zero-order valence-electron chi connectivity index (χ0n) is 8.41. The number of aromatic nitrogens is 3. The van der Waals surface area contributed by atoms with Gasteiger partial charge in [-0.3, -0.25) is 4.98 Å². The van der Waals surface area contributed by atoms with E-state index in [0.29, 0.717) is 6.04 Å². The number of hydrogen-bond donors (Lipinski definition) is 2. The lowest BCUT2D eigenvalue weighted by molar-refractivity contribution is 0.576. The van der Waals surface area contributed by atoms with Gasteiger partial charge in [-0.25, -0.2) is 4.98 Å². The van der Waals surface area contributed by atoms with Gasteiger partial charge in [-0.2, -0.15) is 0 Å².